The van der Waals surface area contributed by atoms with E-state index >= 15 is 0 Å². The topological polar surface area (TPSA) is 33.7 Å². The highest BCUT2D eigenvalue weighted by Gasteiger charge is 2.32. The number of hydrogen-bond donors (Lipinski definition) is 1. The number of hydrogen-bond acceptors (Lipinski definition) is 5. The molecule has 1 aliphatic rings. The van der Waals surface area contributed by atoms with Gasteiger partial charge >= 0.3 is 6.36 Å². The molecule has 0 spiro atoms. The molecule has 2 heterocycles. The van der Waals surface area contributed by atoms with Crippen molar-refractivity contribution < 1.29 is 22.6 Å². The number of nitrogens with zero attached hydrogens (tertiary/aromatic N) is 1. The third kappa shape index (κ3) is 5.65. The van der Waals surface area contributed by atoms with Crippen LogP contribution in [0.4, 0.5) is 13.2 Å². The van der Waals surface area contributed by atoms with Crippen LogP contribution in [0, 0.1) is 0 Å². The van der Waals surface area contributed by atoms with E-state index in [2.05, 4.69) is 15.0 Å². The lowest BCUT2D eigenvalue weighted by atomic mass is 10.0. The Kier molecular flexibility index (Phi) is 7.64. The third-order valence-electron chi connectivity index (χ3n) is 4.11. The summed E-state index contributed by atoms with van der Waals surface area (Å²) in [5, 5.41) is 3.30. The van der Waals surface area contributed by atoms with E-state index in [0.29, 0.717) is 10.1 Å². The molecule has 1 aromatic heterocycles. The van der Waals surface area contributed by atoms with Crippen LogP contribution in [0.1, 0.15) is 16.5 Å². The zero-order valence-electron chi connectivity index (χ0n) is 14.4. The molecule has 1 saturated heterocycles. The van der Waals surface area contributed by atoms with E-state index in [-0.39, 0.29) is 24.2 Å². The van der Waals surface area contributed by atoms with E-state index in [0.717, 1.165) is 36.6 Å². The SMILES string of the molecule is COc1cc(OC(F)(F)F)ccc1[C@@H](c1ccc(Cl)s1)N1CCNCC1.Cl. The predicted octanol–water partition coefficient (Wildman–Crippen LogP) is 4.73. The summed E-state index contributed by atoms with van der Waals surface area (Å²) in [6.07, 6.45) is -4.74. The number of rotatable bonds is 5. The Labute approximate surface area is 170 Å². The van der Waals surface area contributed by atoms with E-state index < -0.39 is 6.36 Å². The van der Waals surface area contributed by atoms with E-state index in [4.69, 9.17) is 16.3 Å². The highest BCUT2D eigenvalue weighted by atomic mass is 35.5. The first-order valence-corrected chi connectivity index (χ1v) is 9.20. The molecule has 1 N–H and O–H groups in total. The second-order valence-corrected chi connectivity index (χ2v) is 7.53. The van der Waals surface area contributed by atoms with Gasteiger partial charge < -0.3 is 14.8 Å². The van der Waals surface area contributed by atoms with Crippen LogP contribution < -0.4 is 14.8 Å². The highest BCUT2D eigenvalue weighted by Crippen LogP contribution is 2.41. The van der Waals surface area contributed by atoms with E-state index in [1.807, 2.05) is 12.1 Å². The Bertz CT molecular complexity index is 752. The molecule has 1 atom stereocenters. The van der Waals surface area contributed by atoms with Gasteiger partial charge in [0.2, 0.25) is 0 Å². The molecule has 4 nitrogen and oxygen atoms in total. The first-order chi connectivity index (χ1) is 12.4. The van der Waals surface area contributed by atoms with E-state index in [9.17, 15) is 13.2 Å². The van der Waals surface area contributed by atoms with Gasteiger partial charge in [0.25, 0.3) is 0 Å². The average molecular weight is 443 g/mol. The number of nitrogens with one attached hydrogen (secondary N) is 1. The second-order valence-electron chi connectivity index (χ2n) is 5.78. The van der Waals surface area contributed by atoms with Gasteiger partial charge in [0.15, 0.2) is 0 Å². The first-order valence-electron chi connectivity index (χ1n) is 8.01. The molecule has 0 aliphatic carbocycles. The molecular formula is C17H19Cl2F3N2O2S. The molecule has 0 saturated carbocycles. The molecule has 1 fully saturated rings. The van der Waals surface area contributed by atoms with Gasteiger partial charge in [0.1, 0.15) is 11.5 Å². The number of thiophene rings is 1. The molecular weight excluding hydrogens is 424 g/mol. The smallest absolute Gasteiger partial charge is 0.496 e. The molecule has 2 aromatic rings. The van der Waals surface area contributed by atoms with Gasteiger partial charge in [-0.1, -0.05) is 11.6 Å². The fourth-order valence-electron chi connectivity index (χ4n) is 3.06. The van der Waals surface area contributed by atoms with Gasteiger partial charge in [0.05, 0.1) is 17.5 Å². The van der Waals surface area contributed by atoms with Crippen molar-refractivity contribution in [3.05, 3.63) is 45.1 Å². The van der Waals surface area contributed by atoms with Crippen molar-refractivity contribution in [2.45, 2.75) is 12.4 Å². The minimum absolute atomic E-state index is 0. The summed E-state index contributed by atoms with van der Waals surface area (Å²) in [7, 11) is 1.44. The molecule has 27 heavy (non-hydrogen) atoms. The van der Waals surface area contributed by atoms with Crippen LogP contribution in [0.15, 0.2) is 30.3 Å². The van der Waals surface area contributed by atoms with Crippen molar-refractivity contribution in [1.82, 2.24) is 10.2 Å². The predicted molar refractivity (Wildman–Crippen MR) is 103 cm³/mol. The van der Waals surface area contributed by atoms with Gasteiger partial charge in [-0.05, 0) is 24.3 Å². The van der Waals surface area contributed by atoms with Crippen molar-refractivity contribution in [1.29, 1.82) is 0 Å². The summed E-state index contributed by atoms with van der Waals surface area (Å²) >= 11 is 7.57. The molecule has 10 heteroatoms. The van der Waals surface area contributed by atoms with Crippen LogP contribution in [0.25, 0.3) is 0 Å². The molecule has 150 valence electrons. The number of halogens is 5. The number of benzene rings is 1. The summed E-state index contributed by atoms with van der Waals surface area (Å²) in [4.78, 5) is 3.28. The van der Waals surface area contributed by atoms with Gasteiger partial charge in [-0.15, -0.1) is 36.9 Å². The van der Waals surface area contributed by atoms with Crippen molar-refractivity contribution in [3.8, 4) is 11.5 Å². The monoisotopic (exact) mass is 442 g/mol. The first kappa shape index (κ1) is 22.1. The van der Waals surface area contributed by atoms with Crippen LogP contribution in [0.3, 0.4) is 0 Å². The Hall–Kier alpha value is -1.19. The summed E-state index contributed by atoms with van der Waals surface area (Å²) < 4.78 is 47.6. The molecule has 0 bridgehead atoms. The van der Waals surface area contributed by atoms with Gasteiger partial charge in [0, 0.05) is 42.7 Å². The molecule has 0 amide bonds. The second kappa shape index (κ2) is 9.34. The summed E-state index contributed by atoms with van der Waals surface area (Å²) in [6, 6.07) is 7.83. The third-order valence-corrected chi connectivity index (χ3v) is 5.40. The normalized spacial score (nSPS) is 16.5. The zero-order chi connectivity index (χ0) is 18.7. The van der Waals surface area contributed by atoms with Crippen molar-refractivity contribution in [2.24, 2.45) is 0 Å². The molecule has 1 aliphatic heterocycles. The summed E-state index contributed by atoms with van der Waals surface area (Å²) in [5.41, 5.74) is 0.780. The zero-order valence-corrected chi connectivity index (χ0v) is 16.8. The van der Waals surface area contributed by atoms with E-state index in [1.54, 1.807) is 6.07 Å². The lowest BCUT2D eigenvalue weighted by Gasteiger charge is -2.35. The van der Waals surface area contributed by atoms with Crippen LogP contribution in [0.5, 0.6) is 11.5 Å². The van der Waals surface area contributed by atoms with Gasteiger partial charge in [-0.3, -0.25) is 4.90 Å². The largest absolute Gasteiger partial charge is 0.573 e. The van der Waals surface area contributed by atoms with Gasteiger partial charge in [-0.2, -0.15) is 0 Å². The van der Waals surface area contributed by atoms with Crippen LogP contribution in [0.2, 0.25) is 4.34 Å². The van der Waals surface area contributed by atoms with Crippen molar-refractivity contribution in [2.75, 3.05) is 33.3 Å². The lowest BCUT2D eigenvalue weighted by Crippen LogP contribution is -2.45. The molecule has 3 rings (SSSR count). The standard InChI is InChI=1S/C17H18ClF3N2O2S.ClH/c1-24-13-10-11(25-17(19,20)21)2-3-12(13)16(14-4-5-15(18)26-14)23-8-6-22-7-9-23;/h2-5,10,16,22H,6-9H2,1H3;1H/t16-;/m0./s1. The van der Waals surface area contributed by atoms with Crippen LogP contribution in [-0.2, 0) is 0 Å². The Morgan fingerprint density at radius 1 is 1.19 bits per heavy atom. The fourth-order valence-corrected chi connectivity index (χ4v) is 4.28. The van der Waals surface area contributed by atoms with Crippen LogP contribution in [-0.4, -0.2) is 44.6 Å². The Balaban J connectivity index is 0.00000261. The Morgan fingerprint density at radius 2 is 1.89 bits per heavy atom. The lowest BCUT2D eigenvalue weighted by molar-refractivity contribution is -0.274. The Morgan fingerprint density at radius 3 is 2.44 bits per heavy atom. The summed E-state index contributed by atoms with van der Waals surface area (Å²) in [5.74, 6) is 0.0428. The molecule has 1 aromatic carbocycles. The van der Waals surface area contributed by atoms with E-state index in [1.165, 1.54) is 30.6 Å². The van der Waals surface area contributed by atoms with Crippen molar-refractivity contribution >= 4 is 35.3 Å². The van der Waals surface area contributed by atoms with Gasteiger partial charge in [-0.25, -0.2) is 0 Å². The maximum Gasteiger partial charge on any atom is 0.573 e. The molecule has 0 radical (unpaired) electrons. The van der Waals surface area contributed by atoms with Crippen LogP contribution >= 0.6 is 35.3 Å². The number of piperazine rings is 1. The number of methoxy groups -OCH3 is 1. The average Bonchev–Trinajstić information content (AvgIpc) is 3.02. The number of alkyl halides is 3. The highest BCUT2D eigenvalue weighted by molar-refractivity contribution is 7.16. The number of ether oxygens (including phenoxy) is 2. The van der Waals surface area contributed by atoms with Crippen molar-refractivity contribution in [3.63, 3.8) is 0 Å². The quantitative estimate of drug-likeness (QED) is 0.725. The minimum atomic E-state index is -4.74. The molecule has 0 unspecified atom stereocenters. The fraction of sp³-hybridized carbons (Fsp3) is 0.412. The maximum atomic E-state index is 12.5. The maximum absolute atomic E-state index is 12.5. The minimum Gasteiger partial charge on any atom is -0.496 e. The summed E-state index contributed by atoms with van der Waals surface area (Å²) in [6.45, 7) is 3.30.